The van der Waals surface area contributed by atoms with Gasteiger partial charge in [-0.1, -0.05) is 46.4 Å². The molecule has 0 aliphatic carbocycles. The second-order valence-electron chi connectivity index (χ2n) is 10.6. The van der Waals surface area contributed by atoms with Gasteiger partial charge in [0, 0.05) is 0 Å². The van der Waals surface area contributed by atoms with E-state index in [9.17, 15) is 29.1 Å². The first-order valence-electron chi connectivity index (χ1n) is 13.3. The summed E-state index contributed by atoms with van der Waals surface area (Å²) >= 11 is 24.6. The summed E-state index contributed by atoms with van der Waals surface area (Å²) in [6, 6.07) is 5.90. The summed E-state index contributed by atoms with van der Waals surface area (Å²) in [5.74, 6) is 0. The molecule has 10 atom stereocenters. The average molecular weight is 762 g/mol. The van der Waals surface area contributed by atoms with E-state index in [1.807, 2.05) is 0 Å². The van der Waals surface area contributed by atoms with Gasteiger partial charge in [-0.3, -0.25) is 18.1 Å². The number of nitrogens with zero attached hydrogens (tertiary/aromatic N) is 4. The third-order valence-corrected chi connectivity index (χ3v) is 11.1. The highest BCUT2D eigenvalue weighted by Gasteiger charge is 2.53. The molecule has 0 amide bonds. The van der Waals surface area contributed by atoms with Crippen molar-refractivity contribution >= 4 is 84.1 Å². The van der Waals surface area contributed by atoms with Crippen LogP contribution in [0, 0.1) is 0 Å². The van der Waals surface area contributed by atoms with Gasteiger partial charge < -0.3 is 38.6 Å². The highest BCUT2D eigenvalue weighted by Crippen LogP contribution is 2.54. The van der Waals surface area contributed by atoms with Crippen LogP contribution in [0.5, 0.6) is 0 Å². The van der Waals surface area contributed by atoms with E-state index in [0.717, 1.165) is 0 Å². The maximum atomic E-state index is 13.2. The highest BCUT2D eigenvalue weighted by molar-refractivity contribution is 7.47. The zero-order valence-corrected chi connectivity index (χ0v) is 27.6. The van der Waals surface area contributed by atoms with Gasteiger partial charge in [0.15, 0.2) is 12.5 Å². The molecular formula is C24H22Cl4N4O12P2. The molecular weight excluding hydrogens is 740 g/mol. The number of aliphatic hydroxyl groups is 2. The van der Waals surface area contributed by atoms with Gasteiger partial charge in [0.05, 0.1) is 68.0 Å². The molecule has 4 aromatic rings. The Bertz CT molecular complexity index is 1790. The number of hydrogen-bond acceptors (Lipinski definition) is 12. The number of benzene rings is 2. The van der Waals surface area contributed by atoms with Gasteiger partial charge in [-0.05, 0) is 24.3 Å². The molecule has 16 nitrogen and oxygen atoms in total. The predicted octanol–water partition coefficient (Wildman–Crippen LogP) is 4.23. The summed E-state index contributed by atoms with van der Waals surface area (Å²) in [5, 5.41) is 23.0. The molecule has 3 aliphatic rings. The summed E-state index contributed by atoms with van der Waals surface area (Å²) < 4.78 is 62.2. The molecule has 4 bridgehead atoms. The van der Waals surface area contributed by atoms with Gasteiger partial charge in [-0.15, -0.1) is 0 Å². The van der Waals surface area contributed by atoms with Crippen molar-refractivity contribution in [1.82, 2.24) is 19.1 Å². The number of imidazole rings is 2. The van der Waals surface area contributed by atoms with Gasteiger partial charge in [0.1, 0.15) is 36.6 Å². The fraction of sp³-hybridized carbons (Fsp3) is 0.417. The molecule has 3 saturated heterocycles. The van der Waals surface area contributed by atoms with Crippen LogP contribution < -0.4 is 0 Å². The molecule has 22 heteroatoms. The first-order valence-corrected chi connectivity index (χ1v) is 17.8. The molecule has 2 aromatic carbocycles. The Hall–Kier alpha value is -1.40. The number of hydrogen-bond donors (Lipinski definition) is 4. The number of aliphatic hydroxyl groups excluding tert-OH is 2. The molecule has 7 rings (SSSR count). The molecule has 248 valence electrons. The van der Waals surface area contributed by atoms with Gasteiger partial charge >= 0.3 is 15.6 Å². The molecule has 4 unspecified atom stereocenters. The lowest BCUT2D eigenvalue weighted by atomic mass is 10.1. The minimum atomic E-state index is -5.03. The molecule has 0 saturated carbocycles. The Morgan fingerprint density at radius 3 is 1.43 bits per heavy atom. The Labute approximate surface area is 278 Å². The van der Waals surface area contributed by atoms with Crippen LogP contribution in [0.4, 0.5) is 0 Å². The van der Waals surface area contributed by atoms with Crippen molar-refractivity contribution in [3.05, 3.63) is 57.0 Å². The van der Waals surface area contributed by atoms with E-state index in [1.54, 1.807) is 0 Å². The monoisotopic (exact) mass is 760 g/mol. The van der Waals surface area contributed by atoms with Crippen LogP contribution in [-0.4, -0.2) is 88.9 Å². The third-order valence-electron chi connectivity index (χ3n) is 7.72. The molecule has 0 spiro atoms. The van der Waals surface area contributed by atoms with Crippen LogP contribution in [0.25, 0.3) is 22.1 Å². The minimum absolute atomic E-state index is 0.169. The van der Waals surface area contributed by atoms with E-state index in [-0.39, 0.29) is 20.1 Å². The standard InChI is InChI=1S/C24H22Cl4N4O12P2/c25-9-1-13-15(3-11(9)27)31(7-29-13)23-21-19(33)17(41-23)5-39-46(37,38)44-22-20(34)18(6-40-45(35,36)43-21)42-24(22)32-8-30-14-2-10(26)12(28)4-16(14)32/h1-4,7-8,17-24,33-34H,5-6H2,(H,35,36)(H,37,38)/t17-,18-,19+,20?,21?,22+,23-,24-/m1/s1. The van der Waals surface area contributed by atoms with Crippen LogP contribution in [0.1, 0.15) is 12.5 Å². The SMILES string of the molecule is O=P1(O)OC[C@H]2O[C@@H](n3cnc4cc(Cl)c(Cl)cc43)[C@@H](OP(=O)(O)OC[C@H]3O[C@@H](n4cnc5cc(Cl)c(Cl)cc54)C(O1)[C@H]3O)C2O. The second-order valence-corrected chi connectivity index (χ2v) is 15.0. The van der Waals surface area contributed by atoms with Crippen molar-refractivity contribution in [2.45, 2.75) is 49.1 Å². The van der Waals surface area contributed by atoms with Crippen molar-refractivity contribution < 1.29 is 56.7 Å². The van der Waals surface area contributed by atoms with Crippen LogP contribution >= 0.6 is 62.0 Å². The van der Waals surface area contributed by atoms with Gasteiger partial charge in [-0.25, -0.2) is 19.1 Å². The lowest BCUT2D eigenvalue weighted by Crippen LogP contribution is -2.38. The topological polar surface area (TPSA) is 206 Å². The zero-order valence-electron chi connectivity index (χ0n) is 22.7. The van der Waals surface area contributed by atoms with Crippen molar-refractivity contribution in [1.29, 1.82) is 0 Å². The first kappa shape index (κ1) is 33.1. The molecule has 3 aliphatic heterocycles. The van der Waals surface area contributed by atoms with Crippen LogP contribution in [0.15, 0.2) is 36.9 Å². The number of aromatic nitrogens is 4. The lowest BCUT2D eigenvalue weighted by Gasteiger charge is -2.26. The van der Waals surface area contributed by atoms with Gasteiger partial charge in [0.25, 0.3) is 0 Å². The van der Waals surface area contributed by atoms with E-state index < -0.39 is 77.9 Å². The fourth-order valence-corrected chi connectivity index (χ4v) is 8.04. The Balaban J connectivity index is 1.22. The third kappa shape index (κ3) is 6.03. The first-order chi connectivity index (χ1) is 21.7. The normalized spacial score (nSPS) is 37.2. The summed E-state index contributed by atoms with van der Waals surface area (Å²) in [7, 11) is -10.1. The highest BCUT2D eigenvalue weighted by atomic mass is 35.5. The smallest absolute Gasteiger partial charge is 0.387 e. The summed E-state index contributed by atoms with van der Waals surface area (Å²) in [6.45, 7) is -1.53. The molecule has 0 radical (unpaired) electrons. The van der Waals surface area contributed by atoms with Crippen LogP contribution in [0.2, 0.25) is 20.1 Å². The largest absolute Gasteiger partial charge is 0.472 e. The van der Waals surface area contributed by atoms with E-state index in [1.165, 1.54) is 46.1 Å². The second kappa shape index (κ2) is 12.2. The van der Waals surface area contributed by atoms with Crippen LogP contribution in [-0.2, 0) is 36.7 Å². The van der Waals surface area contributed by atoms with E-state index >= 15 is 0 Å². The average Bonchev–Trinajstić information content (AvgIpc) is 3.72. The van der Waals surface area contributed by atoms with Crippen molar-refractivity contribution in [3.8, 4) is 0 Å². The van der Waals surface area contributed by atoms with Crippen molar-refractivity contribution in [2.75, 3.05) is 13.2 Å². The van der Waals surface area contributed by atoms with Crippen molar-refractivity contribution in [2.24, 2.45) is 0 Å². The minimum Gasteiger partial charge on any atom is -0.387 e. The van der Waals surface area contributed by atoms with Gasteiger partial charge in [0.2, 0.25) is 0 Å². The summed E-state index contributed by atoms with van der Waals surface area (Å²) in [5.41, 5.74) is 1.47. The van der Waals surface area contributed by atoms with Gasteiger partial charge in [-0.2, -0.15) is 0 Å². The summed E-state index contributed by atoms with van der Waals surface area (Å²) in [4.78, 5) is 29.9. The number of rotatable bonds is 2. The fourth-order valence-electron chi connectivity index (χ4n) is 5.54. The Morgan fingerprint density at radius 1 is 0.674 bits per heavy atom. The number of halogens is 4. The Kier molecular flexibility index (Phi) is 8.77. The number of phosphoric acid groups is 2. The maximum Gasteiger partial charge on any atom is 0.472 e. The molecule has 46 heavy (non-hydrogen) atoms. The molecule has 5 heterocycles. The quantitative estimate of drug-likeness (QED) is 0.211. The van der Waals surface area contributed by atoms with Crippen molar-refractivity contribution in [3.63, 3.8) is 0 Å². The van der Waals surface area contributed by atoms with Crippen LogP contribution in [0.3, 0.4) is 0 Å². The maximum absolute atomic E-state index is 13.2. The lowest BCUT2D eigenvalue weighted by molar-refractivity contribution is -0.0673. The number of fused-ring (bicyclic) bond motifs is 6. The number of phosphoric ester groups is 2. The van der Waals surface area contributed by atoms with E-state index in [0.29, 0.717) is 22.1 Å². The molecule has 4 N–H and O–H groups in total. The van der Waals surface area contributed by atoms with E-state index in [4.69, 9.17) is 74.0 Å². The molecule has 3 fully saturated rings. The Morgan fingerprint density at radius 2 is 1.04 bits per heavy atom. The van der Waals surface area contributed by atoms with E-state index in [2.05, 4.69) is 9.97 Å². The number of ether oxygens (including phenoxy) is 2. The molecule has 2 aromatic heterocycles. The predicted molar refractivity (Wildman–Crippen MR) is 161 cm³/mol. The zero-order chi connectivity index (χ0) is 32.7. The summed E-state index contributed by atoms with van der Waals surface area (Å²) in [6.07, 6.45) is -9.49.